The number of aryl methyl sites for hydroxylation is 2. The number of aromatic amines is 1. The monoisotopic (exact) mass is 311 g/mol. The lowest BCUT2D eigenvalue weighted by Crippen LogP contribution is -2.41. The van der Waals surface area contributed by atoms with E-state index in [4.69, 9.17) is 5.73 Å². The Morgan fingerprint density at radius 3 is 2.87 bits per heavy atom. The van der Waals surface area contributed by atoms with Crippen LogP contribution in [0, 0.1) is 25.2 Å². The van der Waals surface area contributed by atoms with Crippen LogP contribution in [0.2, 0.25) is 0 Å². The van der Waals surface area contributed by atoms with E-state index in [1.165, 1.54) is 27.7 Å². The summed E-state index contributed by atoms with van der Waals surface area (Å²) in [5, 5.41) is 4.42. The fourth-order valence-electron chi connectivity index (χ4n) is 4.46. The summed E-state index contributed by atoms with van der Waals surface area (Å²) in [6.07, 6.45) is 3.98. The van der Waals surface area contributed by atoms with Crippen LogP contribution in [0.1, 0.15) is 36.1 Å². The SMILES string of the molecule is Cc1[nH]c2c(C)cccc2c1CCNC(=O)[C@@H]1CC12CC(N)C2. The number of benzene rings is 1. The highest BCUT2D eigenvalue weighted by Gasteiger charge is 2.63. The summed E-state index contributed by atoms with van der Waals surface area (Å²) in [5.41, 5.74) is 11.2. The molecule has 1 heterocycles. The van der Waals surface area contributed by atoms with Gasteiger partial charge >= 0.3 is 0 Å². The molecule has 1 amide bonds. The Hall–Kier alpha value is -1.81. The van der Waals surface area contributed by atoms with Crippen LogP contribution in [-0.4, -0.2) is 23.5 Å². The average Bonchev–Trinajstić information content (AvgIpc) is 3.12. The molecule has 2 aliphatic rings. The number of nitrogens with two attached hydrogens (primary N) is 1. The smallest absolute Gasteiger partial charge is 0.223 e. The van der Waals surface area contributed by atoms with E-state index >= 15 is 0 Å². The summed E-state index contributed by atoms with van der Waals surface area (Å²) in [7, 11) is 0. The largest absolute Gasteiger partial charge is 0.358 e. The van der Waals surface area contributed by atoms with E-state index in [2.05, 4.69) is 42.3 Å². The van der Waals surface area contributed by atoms with Crippen LogP contribution in [-0.2, 0) is 11.2 Å². The minimum absolute atomic E-state index is 0.216. The van der Waals surface area contributed by atoms with Gasteiger partial charge in [-0.25, -0.2) is 0 Å². The van der Waals surface area contributed by atoms with E-state index in [1.54, 1.807) is 0 Å². The molecule has 23 heavy (non-hydrogen) atoms. The van der Waals surface area contributed by atoms with E-state index in [0.29, 0.717) is 12.6 Å². The normalized spacial score (nSPS) is 28.8. The number of hydrogen-bond donors (Lipinski definition) is 3. The first-order chi connectivity index (χ1) is 11.0. The van der Waals surface area contributed by atoms with Crippen LogP contribution in [0.4, 0.5) is 0 Å². The topological polar surface area (TPSA) is 70.9 Å². The Morgan fingerprint density at radius 1 is 1.35 bits per heavy atom. The van der Waals surface area contributed by atoms with Crippen molar-refractivity contribution in [2.75, 3.05) is 6.54 Å². The van der Waals surface area contributed by atoms with Gasteiger partial charge in [0.2, 0.25) is 5.91 Å². The molecule has 4 rings (SSSR count). The molecule has 2 fully saturated rings. The fourth-order valence-corrected chi connectivity index (χ4v) is 4.46. The molecule has 1 aromatic heterocycles. The minimum Gasteiger partial charge on any atom is -0.358 e. The molecule has 4 heteroatoms. The third-order valence-electron chi connectivity index (χ3n) is 5.88. The number of fused-ring (bicyclic) bond motifs is 1. The van der Waals surface area contributed by atoms with Crippen molar-refractivity contribution in [2.45, 2.75) is 45.6 Å². The van der Waals surface area contributed by atoms with Crippen LogP contribution < -0.4 is 11.1 Å². The lowest BCUT2D eigenvalue weighted by Gasteiger charge is -2.33. The Morgan fingerprint density at radius 2 is 2.13 bits per heavy atom. The van der Waals surface area contributed by atoms with Crippen molar-refractivity contribution in [3.8, 4) is 0 Å². The molecule has 0 unspecified atom stereocenters. The molecule has 122 valence electrons. The molecule has 4 N–H and O–H groups in total. The quantitative estimate of drug-likeness (QED) is 0.812. The first-order valence-electron chi connectivity index (χ1n) is 8.60. The van der Waals surface area contributed by atoms with Gasteiger partial charge < -0.3 is 16.0 Å². The Labute approximate surface area is 136 Å². The van der Waals surface area contributed by atoms with E-state index < -0.39 is 0 Å². The first-order valence-corrected chi connectivity index (χ1v) is 8.60. The third kappa shape index (κ3) is 2.36. The molecule has 0 saturated heterocycles. The van der Waals surface area contributed by atoms with Gasteiger partial charge in [0, 0.05) is 35.1 Å². The molecule has 2 saturated carbocycles. The summed E-state index contributed by atoms with van der Waals surface area (Å²) in [4.78, 5) is 15.8. The number of rotatable bonds is 4. The molecule has 1 aromatic carbocycles. The summed E-state index contributed by atoms with van der Waals surface area (Å²) in [5.74, 6) is 0.444. The second kappa shape index (κ2) is 5.10. The highest BCUT2D eigenvalue weighted by atomic mass is 16.2. The zero-order chi connectivity index (χ0) is 16.2. The Bertz CT molecular complexity index is 770. The molecule has 4 nitrogen and oxygen atoms in total. The molecule has 1 spiro atoms. The van der Waals surface area contributed by atoms with E-state index in [-0.39, 0.29) is 17.2 Å². The molecule has 1 atom stereocenters. The first kappa shape index (κ1) is 14.8. The van der Waals surface area contributed by atoms with Crippen molar-refractivity contribution in [1.29, 1.82) is 0 Å². The van der Waals surface area contributed by atoms with Crippen LogP contribution in [0.25, 0.3) is 10.9 Å². The summed E-state index contributed by atoms with van der Waals surface area (Å²) < 4.78 is 0. The zero-order valence-corrected chi connectivity index (χ0v) is 13.9. The van der Waals surface area contributed by atoms with Gasteiger partial charge in [-0.2, -0.15) is 0 Å². The maximum atomic E-state index is 12.3. The highest BCUT2D eigenvalue weighted by Crippen LogP contribution is 2.64. The summed E-state index contributed by atoms with van der Waals surface area (Å²) in [6, 6.07) is 6.71. The van der Waals surface area contributed by atoms with Crippen LogP contribution >= 0.6 is 0 Å². The number of carbonyl (C=O) groups excluding carboxylic acids is 1. The van der Waals surface area contributed by atoms with E-state index in [0.717, 1.165) is 25.7 Å². The lowest BCUT2D eigenvalue weighted by molar-refractivity contribution is -0.123. The van der Waals surface area contributed by atoms with Crippen LogP contribution in [0.3, 0.4) is 0 Å². The van der Waals surface area contributed by atoms with Gasteiger partial charge in [0.25, 0.3) is 0 Å². The second-order valence-electron chi connectivity index (χ2n) is 7.55. The molecule has 0 aliphatic heterocycles. The van der Waals surface area contributed by atoms with Gasteiger partial charge in [-0.1, -0.05) is 18.2 Å². The molecular weight excluding hydrogens is 286 g/mol. The number of para-hydroxylation sites is 1. The van der Waals surface area contributed by atoms with Crippen molar-refractivity contribution in [3.05, 3.63) is 35.0 Å². The summed E-state index contributed by atoms with van der Waals surface area (Å²) >= 11 is 0. The molecule has 0 radical (unpaired) electrons. The van der Waals surface area contributed by atoms with Crippen molar-refractivity contribution in [1.82, 2.24) is 10.3 Å². The van der Waals surface area contributed by atoms with Crippen molar-refractivity contribution in [2.24, 2.45) is 17.1 Å². The number of hydrogen-bond acceptors (Lipinski definition) is 2. The van der Waals surface area contributed by atoms with Gasteiger partial charge in [-0.15, -0.1) is 0 Å². The van der Waals surface area contributed by atoms with Crippen LogP contribution in [0.15, 0.2) is 18.2 Å². The third-order valence-corrected chi connectivity index (χ3v) is 5.88. The second-order valence-corrected chi connectivity index (χ2v) is 7.55. The van der Waals surface area contributed by atoms with Crippen molar-refractivity contribution in [3.63, 3.8) is 0 Å². The van der Waals surface area contributed by atoms with Gasteiger partial charge in [0.1, 0.15) is 0 Å². The van der Waals surface area contributed by atoms with Crippen molar-refractivity contribution < 1.29 is 4.79 Å². The predicted molar refractivity (Wildman–Crippen MR) is 92.2 cm³/mol. The standard InChI is InChI=1S/C19H25N3O/c1-11-4-3-5-15-14(12(2)22-17(11)15)6-7-21-18(23)16-10-19(16)8-13(20)9-19/h3-5,13,16,22H,6-10,20H2,1-2H3,(H,21,23)/t13?,16-,19?/m0/s1. The number of nitrogens with one attached hydrogen (secondary N) is 2. The number of H-pyrrole nitrogens is 1. The highest BCUT2D eigenvalue weighted by molar-refractivity contribution is 5.87. The number of amides is 1. The lowest BCUT2D eigenvalue weighted by atomic mass is 9.75. The Kier molecular flexibility index (Phi) is 3.27. The van der Waals surface area contributed by atoms with Crippen molar-refractivity contribution >= 4 is 16.8 Å². The number of aromatic nitrogens is 1. The van der Waals surface area contributed by atoms with Gasteiger partial charge in [-0.05, 0) is 56.1 Å². The van der Waals surface area contributed by atoms with E-state index in [9.17, 15) is 4.79 Å². The molecular formula is C19H25N3O. The van der Waals surface area contributed by atoms with Crippen LogP contribution in [0.5, 0.6) is 0 Å². The Balaban J connectivity index is 1.38. The van der Waals surface area contributed by atoms with Gasteiger partial charge in [-0.3, -0.25) is 4.79 Å². The number of carbonyl (C=O) groups is 1. The minimum atomic E-state index is 0.216. The molecule has 0 bridgehead atoms. The maximum Gasteiger partial charge on any atom is 0.223 e. The van der Waals surface area contributed by atoms with Gasteiger partial charge in [0.05, 0.1) is 0 Å². The van der Waals surface area contributed by atoms with E-state index in [1.807, 2.05) is 0 Å². The van der Waals surface area contributed by atoms with Gasteiger partial charge in [0.15, 0.2) is 0 Å². The maximum absolute atomic E-state index is 12.3. The summed E-state index contributed by atoms with van der Waals surface area (Å²) in [6.45, 7) is 4.95. The predicted octanol–water partition coefficient (Wildman–Crippen LogP) is 2.57. The fraction of sp³-hybridized carbons (Fsp3) is 0.526. The molecule has 2 aliphatic carbocycles. The average molecular weight is 311 g/mol. The molecule has 2 aromatic rings. The zero-order valence-electron chi connectivity index (χ0n) is 13.9.